The van der Waals surface area contributed by atoms with Crippen LogP contribution in [0.1, 0.15) is 12.0 Å². The summed E-state index contributed by atoms with van der Waals surface area (Å²) in [4.78, 5) is 0. The molecule has 0 spiro atoms. The molecule has 14 heavy (non-hydrogen) atoms. The van der Waals surface area contributed by atoms with Crippen molar-refractivity contribution in [1.82, 2.24) is 0 Å². The molecule has 0 radical (unpaired) electrons. The standard InChI is InChI=1S/C10H11BrN2O/c11-10-6-9(14-5-1-4-12)3-2-8(10)7-13/h2-3,6H,1,4-5,12H2. The molecule has 0 atom stereocenters. The maximum atomic E-state index is 8.69. The highest BCUT2D eigenvalue weighted by molar-refractivity contribution is 9.10. The van der Waals surface area contributed by atoms with Gasteiger partial charge in [-0.25, -0.2) is 0 Å². The molecule has 0 fully saturated rings. The lowest BCUT2D eigenvalue weighted by molar-refractivity contribution is 0.313. The van der Waals surface area contributed by atoms with E-state index in [1.54, 1.807) is 18.2 Å². The second kappa shape index (κ2) is 5.63. The van der Waals surface area contributed by atoms with Crippen molar-refractivity contribution in [2.24, 2.45) is 5.73 Å². The van der Waals surface area contributed by atoms with Gasteiger partial charge in [0.2, 0.25) is 0 Å². The molecular weight excluding hydrogens is 244 g/mol. The Morgan fingerprint density at radius 3 is 2.86 bits per heavy atom. The van der Waals surface area contributed by atoms with Crippen molar-refractivity contribution >= 4 is 15.9 Å². The van der Waals surface area contributed by atoms with Crippen LogP contribution in [0.15, 0.2) is 22.7 Å². The zero-order chi connectivity index (χ0) is 10.4. The van der Waals surface area contributed by atoms with Gasteiger partial charge >= 0.3 is 0 Å². The topological polar surface area (TPSA) is 59.0 Å². The van der Waals surface area contributed by atoms with Crippen LogP contribution in [0, 0.1) is 11.3 Å². The molecule has 0 heterocycles. The lowest BCUT2D eigenvalue weighted by Crippen LogP contribution is -2.06. The van der Waals surface area contributed by atoms with E-state index in [-0.39, 0.29) is 0 Å². The highest BCUT2D eigenvalue weighted by Crippen LogP contribution is 2.22. The Kier molecular flexibility index (Phi) is 4.44. The number of rotatable bonds is 4. The lowest BCUT2D eigenvalue weighted by atomic mass is 10.2. The normalized spacial score (nSPS) is 9.50. The fraction of sp³-hybridized carbons (Fsp3) is 0.300. The Morgan fingerprint density at radius 1 is 1.50 bits per heavy atom. The third kappa shape index (κ3) is 3.02. The van der Waals surface area contributed by atoms with E-state index < -0.39 is 0 Å². The predicted octanol–water partition coefficient (Wildman–Crippen LogP) is 2.05. The minimum atomic E-state index is 0.606. The summed E-state index contributed by atoms with van der Waals surface area (Å²) in [5, 5.41) is 8.69. The van der Waals surface area contributed by atoms with Crippen LogP contribution in [0.25, 0.3) is 0 Å². The smallest absolute Gasteiger partial charge is 0.120 e. The predicted molar refractivity (Wildman–Crippen MR) is 58.0 cm³/mol. The molecule has 0 aliphatic rings. The number of halogens is 1. The van der Waals surface area contributed by atoms with Gasteiger partial charge in [-0.3, -0.25) is 0 Å². The molecule has 1 aromatic rings. The summed E-state index contributed by atoms with van der Waals surface area (Å²) < 4.78 is 6.16. The van der Waals surface area contributed by atoms with E-state index in [0.29, 0.717) is 18.7 Å². The summed E-state index contributed by atoms with van der Waals surface area (Å²) in [5.74, 6) is 0.754. The summed E-state index contributed by atoms with van der Waals surface area (Å²) in [7, 11) is 0. The van der Waals surface area contributed by atoms with Crippen LogP contribution in [-0.4, -0.2) is 13.2 Å². The van der Waals surface area contributed by atoms with E-state index in [1.807, 2.05) is 0 Å². The van der Waals surface area contributed by atoms with Crippen molar-refractivity contribution in [3.05, 3.63) is 28.2 Å². The zero-order valence-corrected chi connectivity index (χ0v) is 9.25. The van der Waals surface area contributed by atoms with Crippen molar-refractivity contribution < 1.29 is 4.74 Å². The third-order valence-electron chi connectivity index (χ3n) is 1.68. The molecule has 0 aliphatic carbocycles. The molecule has 1 aromatic carbocycles. The minimum absolute atomic E-state index is 0.606. The Labute approximate surface area is 91.6 Å². The molecule has 0 amide bonds. The van der Waals surface area contributed by atoms with Crippen molar-refractivity contribution in [1.29, 1.82) is 5.26 Å². The monoisotopic (exact) mass is 254 g/mol. The van der Waals surface area contributed by atoms with E-state index in [1.165, 1.54) is 0 Å². The quantitative estimate of drug-likeness (QED) is 0.837. The van der Waals surface area contributed by atoms with E-state index in [2.05, 4.69) is 22.0 Å². The Balaban J connectivity index is 2.63. The fourth-order valence-corrected chi connectivity index (χ4v) is 1.40. The summed E-state index contributed by atoms with van der Waals surface area (Å²) in [6.45, 7) is 1.23. The van der Waals surface area contributed by atoms with Gasteiger partial charge in [0.1, 0.15) is 11.8 Å². The third-order valence-corrected chi connectivity index (χ3v) is 2.33. The van der Waals surface area contributed by atoms with Gasteiger partial charge < -0.3 is 10.5 Å². The number of ether oxygens (including phenoxy) is 1. The maximum absolute atomic E-state index is 8.69. The van der Waals surface area contributed by atoms with E-state index in [0.717, 1.165) is 16.6 Å². The van der Waals surface area contributed by atoms with E-state index in [4.69, 9.17) is 15.7 Å². The molecule has 3 nitrogen and oxygen atoms in total. The van der Waals surface area contributed by atoms with Gasteiger partial charge in [0.05, 0.1) is 12.2 Å². The van der Waals surface area contributed by atoms with Gasteiger partial charge in [0, 0.05) is 4.47 Å². The molecule has 0 unspecified atom stereocenters. The number of benzene rings is 1. The van der Waals surface area contributed by atoms with Crippen LogP contribution in [-0.2, 0) is 0 Å². The number of hydrogen-bond acceptors (Lipinski definition) is 3. The first-order valence-electron chi connectivity index (χ1n) is 4.30. The molecule has 74 valence electrons. The van der Waals surface area contributed by atoms with Crippen LogP contribution < -0.4 is 10.5 Å². The number of nitrogens with two attached hydrogens (primary N) is 1. The molecule has 1 rings (SSSR count). The SMILES string of the molecule is N#Cc1ccc(OCCCN)cc1Br. The average molecular weight is 255 g/mol. The second-order valence-electron chi connectivity index (χ2n) is 2.74. The average Bonchev–Trinajstić information content (AvgIpc) is 2.18. The first-order chi connectivity index (χ1) is 6.77. The van der Waals surface area contributed by atoms with Gasteiger partial charge in [0.15, 0.2) is 0 Å². The zero-order valence-electron chi connectivity index (χ0n) is 7.66. The van der Waals surface area contributed by atoms with Gasteiger partial charge in [-0.1, -0.05) is 0 Å². The van der Waals surface area contributed by atoms with Crippen molar-refractivity contribution in [2.75, 3.05) is 13.2 Å². The summed E-state index contributed by atoms with van der Waals surface area (Å²) in [6.07, 6.45) is 0.831. The highest BCUT2D eigenvalue weighted by Gasteiger charge is 2.00. The molecule has 0 saturated carbocycles. The Morgan fingerprint density at radius 2 is 2.29 bits per heavy atom. The van der Waals surface area contributed by atoms with Crippen LogP contribution in [0.3, 0.4) is 0 Å². The Bertz CT molecular complexity index is 346. The van der Waals surface area contributed by atoms with E-state index >= 15 is 0 Å². The molecule has 2 N–H and O–H groups in total. The molecule has 0 aromatic heterocycles. The molecule has 0 saturated heterocycles. The van der Waals surface area contributed by atoms with Crippen LogP contribution in [0.5, 0.6) is 5.75 Å². The Hall–Kier alpha value is -1.05. The number of nitriles is 1. The van der Waals surface area contributed by atoms with Crippen LogP contribution in [0.4, 0.5) is 0 Å². The van der Waals surface area contributed by atoms with Crippen LogP contribution in [0.2, 0.25) is 0 Å². The summed E-state index contributed by atoms with van der Waals surface area (Å²) in [5.41, 5.74) is 5.94. The number of hydrogen-bond donors (Lipinski definition) is 1. The van der Waals surface area contributed by atoms with Crippen molar-refractivity contribution in [3.63, 3.8) is 0 Å². The van der Waals surface area contributed by atoms with Gasteiger partial charge in [0.25, 0.3) is 0 Å². The first-order valence-corrected chi connectivity index (χ1v) is 5.09. The minimum Gasteiger partial charge on any atom is -0.494 e. The second-order valence-corrected chi connectivity index (χ2v) is 3.60. The van der Waals surface area contributed by atoms with Crippen molar-refractivity contribution in [2.45, 2.75) is 6.42 Å². The summed E-state index contributed by atoms with van der Waals surface area (Å²) >= 11 is 3.29. The van der Waals surface area contributed by atoms with Gasteiger partial charge in [-0.15, -0.1) is 0 Å². The van der Waals surface area contributed by atoms with Crippen LogP contribution >= 0.6 is 15.9 Å². The van der Waals surface area contributed by atoms with Gasteiger partial charge in [-0.05, 0) is 47.1 Å². The maximum Gasteiger partial charge on any atom is 0.120 e. The molecule has 0 bridgehead atoms. The largest absolute Gasteiger partial charge is 0.494 e. The van der Waals surface area contributed by atoms with Gasteiger partial charge in [-0.2, -0.15) is 5.26 Å². The van der Waals surface area contributed by atoms with E-state index in [9.17, 15) is 0 Å². The lowest BCUT2D eigenvalue weighted by Gasteiger charge is -2.05. The number of nitrogens with zero attached hydrogens (tertiary/aromatic N) is 1. The molecular formula is C10H11BrN2O. The fourth-order valence-electron chi connectivity index (χ4n) is 0.950. The highest BCUT2D eigenvalue weighted by atomic mass is 79.9. The molecule has 0 aliphatic heterocycles. The van der Waals surface area contributed by atoms with Crippen molar-refractivity contribution in [3.8, 4) is 11.8 Å². The summed E-state index contributed by atoms with van der Waals surface area (Å²) in [6, 6.07) is 7.36. The molecule has 4 heteroatoms. The first kappa shape index (κ1) is 11.0.